The lowest BCUT2D eigenvalue weighted by Gasteiger charge is -2.38. The molecule has 134 valence electrons. The summed E-state index contributed by atoms with van der Waals surface area (Å²) in [5.41, 5.74) is 1.08. The first-order chi connectivity index (χ1) is 11.7. The van der Waals surface area contributed by atoms with Gasteiger partial charge in [-0.15, -0.1) is 0 Å². The molecule has 0 N–H and O–H groups in total. The molecule has 1 amide bonds. The number of amides is 1. The van der Waals surface area contributed by atoms with E-state index in [1.807, 2.05) is 22.8 Å². The molecule has 1 aromatic heterocycles. The number of hydrogen-bond acceptors (Lipinski definition) is 5. The summed E-state index contributed by atoms with van der Waals surface area (Å²) in [7, 11) is 3.74. The molecular formula is C17H28N4O3. The molecule has 24 heavy (non-hydrogen) atoms. The average Bonchev–Trinajstić information content (AvgIpc) is 3.01. The Balaban J connectivity index is 1.57. The minimum Gasteiger partial charge on any atom is -0.381 e. The van der Waals surface area contributed by atoms with Gasteiger partial charge >= 0.3 is 0 Å². The first kappa shape index (κ1) is 17.4. The SMILES string of the molecule is CO[C@@H]1CCN(Cc2cn(C)cn2)C[C@H]1CC(=O)N1CCOCC1. The van der Waals surface area contributed by atoms with E-state index in [2.05, 4.69) is 16.1 Å². The zero-order valence-electron chi connectivity index (χ0n) is 14.7. The smallest absolute Gasteiger partial charge is 0.223 e. The number of morpholine rings is 1. The zero-order valence-corrected chi connectivity index (χ0v) is 14.7. The fraction of sp³-hybridized carbons (Fsp3) is 0.765. The van der Waals surface area contributed by atoms with Crippen molar-refractivity contribution in [3.63, 3.8) is 0 Å². The zero-order chi connectivity index (χ0) is 16.9. The predicted octanol–water partition coefficient (Wildman–Crippen LogP) is 0.506. The molecule has 2 aliphatic rings. The lowest BCUT2D eigenvalue weighted by Crippen LogP contribution is -2.47. The van der Waals surface area contributed by atoms with Crippen LogP contribution < -0.4 is 0 Å². The Hall–Kier alpha value is -1.44. The van der Waals surface area contributed by atoms with E-state index in [1.54, 1.807) is 7.11 Å². The average molecular weight is 336 g/mol. The molecule has 0 radical (unpaired) electrons. The third-order valence-corrected chi connectivity index (χ3v) is 5.00. The van der Waals surface area contributed by atoms with Crippen LogP contribution in [0.3, 0.4) is 0 Å². The quantitative estimate of drug-likeness (QED) is 0.784. The second-order valence-corrected chi connectivity index (χ2v) is 6.79. The number of carbonyl (C=O) groups excluding carboxylic acids is 1. The summed E-state index contributed by atoms with van der Waals surface area (Å²) >= 11 is 0. The third kappa shape index (κ3) is 4.34. The molecule has 2 atom stereocenters. The maximum Gasteiger partial charge on any atom is 0.223 e. The number of nitrogens with zero attached hydrogens (tertiary/aromatic N) is 4. The van der Waals surface area contributed by atoms with Gasteiger partial charge in [0.2, 0.25) is 5.91 Å². The first-order valence-corrected chi connectivity index (χ1v) is 8.73. The highest BCUT2D eigenvalue weighted by molar-refractivity contribution is 5.76. The molecule has 2 saturated heterocycles. The first-order valence-electron chi connectivity index (χ1n) is 8.73. The summed E-state index contributed by atoms with van der Waals surface area (Å²) < 4.78 is 13.0. The van der Waals surface area contributed by atoms with E-state index in [4.69, 9.17) is 9.47 Å². The largest absolute Gasteiger partial charge is 0.381 e. The van der Waals surface area contributed by atoms with Crippen LogP contribution in [0.25, 0.3) is 0 Å². The van der Waals surface area contributed by atoms with Crippen molar-refractivity contribution in [2.75, 3.05) is 46.5 Å². The Morgan fingerprint density at radius 1 is 1.38 bits per heavy atom. The van der Waals surface area contributed by atoms with Gasteiger partial charge in [-0.25, -0.2) is 4.98 Å². The normalized spacial score (nSPS) is 25.8. The van der Waals surface area contributed by atoms with Gasteiger partial charge in [-0.3, -0.25) is 9.69 Å². The van der Waals surface area contributed by atoms with Crippen molar-refractivity contribution < 1.29 is 14.3 Å². The van der Waals surface area contributed by atoms with Crippen LogP contribution in [0.4, 0.5) is 0 Å². The molecule has 7 nitrogen and oxygen atoms in total. The second kappa shape index (κ2) is 8.09. The monoisotopic (exact) mass is 336 g/mol. The highest BCUT2D eigenvalue weighted by Crippen LogP contribution is 2.24. The van der Waals surface area contributed by atoms with Crippen LogP contribution in [0.15, 0.2) is 12.5 Å². The van der Waals surface area contributed by atoms with Crippen LogP contribution in [0.1, 0.15) is 18.5 Å². The van der Waals surface area contributed by atoms with Crippen LogP contribution >= 0.6 is 0 Å². The van der Waals surface area contributed by atoms with Crippen LogP contribution in [0, 0.1) is 5.92 Å². The van der Waals surface area contributed by atoms with Crippen LogP contribution in [0.5, 0.6) is 0 Å². The van der Waals surface area contributed by atoms with Crippen LogP contribution in [-0.4, -0.2) is 77.9 Å². The number of aromatic nitrogens is 2. The molecule has 1 aromatic rings. The molecule has 0 unspecified atom stereocenters. The molecule has 2 fully saturated rings. The number of rotatable bonds is 5. The van der Waals surface area contributed by atoms with E-state index in [9.17, 15) is 4.79 Å². The Morgan fingerprint density at radius 3 is 2.83 bits per heavy atom. The van der Waals surface area contributed by atoms with Crippen molar-refractivity contribution in [3.05, 3.63) is 18.2 Å². The molecule has 0 aromatic carbocycles. The highest BCUT2D eigenvalue weighted by atomic mass is 16.5. The van der Waals surface area contributed by atoms with E-state index in [-0.39, 0.29) is 17.9 Å². The summed E-state index contributed by atoms with van der Waals surface area (Å²) in [6, 6.07) is 0. The van der Waals surface area contributed by atoms with Crippen molar-refractivity contribution in [2.45, 2.75) is 25.5 Å². The van der Waals surface area contributed by atoms with E-state index in [0.29, 0.717) is 32.7 Å². The van der Waals surface area contributed by atoms with Crippen molar-refractivity contribution in [2.24, 2.45) is 13.0 Å². The molecule has 0 saturated carbocycles. The molecule has 2 aliphatic heterocycles. The second-order valence-electron chi connectivity index (χ2n) is 6.79. The minimum absolute atomic E-state index is 0.162. The Kier molecular flexibility index (Phi) is 5.86. The number of aryl methyl sites for hydroxylation is 1. The third-order valence-electron chi connectivity index (χ3n) is 5.00. The topological polar surface area (TPSA) is 59.8 Å². The van der Waals surface area contributed by atoms with Gasteiger partial charge in [0.1, 0.15) is 0 Å². The van der Waals surface area contributed by atoms with Gasteiger partial charge in [0, 0.05) is 65.4 Å². The van der Waals surface area contributed by atoms with Gasteiger partial charge in [-0.05, 0) is 6.42 Å². The maximum absolute atomic E-state index is 12.6. The molecule has 7 heteroatoms. The predicted molar refractivity (Wildman–Crippen MR) is 89.4 cm³/mol. The van der Waals surface area contributed by atoms with Crippen molar-refractivity contribution in [1.29, 1.82) is 0 Å². The van der Waals surface area contributed by atoms with Gasteiger partial charge < -0.3 is 18.9 Å². The van der Waals surface area contributed by atoms with E-state index in [0.717, 1.165) is 31.7 Å². The van der Waals surface area contributed by atoms with E-state index < -0.39 is 0 Å². The van der Waals surface area contributed by atoms with Crippen LogP contribution in [0.2, 0.25) is 0 Å². The van der Waals surface area contributed by atoms with Gasteiger partial charge in [-0.2, -0.15) is 0 Å². The summed E-state index contributed by atoms with van der Waals surface area (Å²) in [5.74, 6) is 0.466. The number of hydrogen-bond donors (Lipinski definition) is 0. The van der Waals surface area contributed by atoms with Gasteiger partial charge in [-0.1, -0.05) is 0 Å². The number of methoxy groups -OCH3 is 1. The number of carbonyl (C=O) groups is 1. The highest BCUT2D eigenvalue weighted by Gasteiger charge is 2.32. The van der Waals surface area contributed by atoms with Crippen molar-refractivity contribution >= 4 is 5.91 Å². The fourth-order valence-electron chi connectivity index (χ4n) is 3.68. The number of likely N-dealkylation sites (tertiary alicyclic amines) is 1. The summed E-state index contributed by atoms with van der Waals surface area (Å²) in [6.45, 7) is 5.41. The molecule has 0 bridgehead atoms. The van der Waals surface area contributed by atoms with E-state index in [1.165, 1.54) is 0 Å². The van der Waals surface area contributed by atoms with Crippen LogP contribution in [-0.2, 0) is 27.9 Å². The van der Waals surface area contributed by atoms with Gasteiger partial charge in [0.25, 0.3) is 0 Å². The number of ether oxygens (including phenoxy) is 2. The van der Waals surface area contributed by atoms with Crippen molar-refractivity contribution in [1.82, 2.24) is 19.4 Å². The molecule has 3 heterocycles. The van der Waals surface area contributed by atoms with Gasteiger partial charge in [0.15, 0.2) is 0 Å². The lowest BCUT2D eigenvalue weighted by atomic mass is 9.90. The Morgan fingerprint density at radius 2 is 2.17 bits per heavy atom. The standard InChI is InChI=1S/C17H28N4O3/c1-19-11-15(18-13-19)12-20-4-3-16(23-2)14(10-20)9-17(22)21-5-7-24-8-6-21/h11,13-14,16H,3-10,12H2,1-2H3/t14-,16-/m1/s1. The summed E-state index contributed by atoms with van der Waals surface area (Å²) in [4.78, 5) is 21.3. The summed E-state index contributed by atoms with van der Waals surface area (Å²) in [6.07, 6.45) is 5.56. The van der Waals surface area contributed by atoms with Gasteiger partial charge in [0.05, 0.1) is 31.3 Å². The van der Waals surface area contributed by atoms with E-state index >= 15 is 0 Å². The maximum atomic E-state index is 12.6. The molecule has 3 rings (SSSR count). The Bertz CT molecular complexity index is 542. The molecule has 0 aliphatic carbocycles. The Labute approximate surface area is 143 Å². The molecular weight excluding hydrogens is 308 g/mol. The summed E-state index contributed by atoms with van der Waals surface area (Å²) in [5, 5.41) is 0. The number of imidazole rings is 1. The fourth-order valence-corrected chi connectivity index (χ4v) is 3.68. The lowest BCUT2D eigenvalue weighted by molar-refractivity contribution is -0.138. The molecule has 0 spiro atoms. The number of piperidine rings is 1. The minimum atomic E-state index is 0.162. The van der Waals surface area contributed by atoms with Crippen molar-refractivity contribution in [3.8, 4) is 0 Å².